The van der Waals surface area contributed by atoms with Crippen molar-refractivity contribution in [2.24, 2.45) is 0 Å². The van der Waals surface area contributed by atoms with E-state index in [0.717, 1.165) is 5.56 Å². The van der Waals surface area contributed by atoms with Gasteiger partial charge in [0.1, 0.15) is 5.76 Å². The Morgan fingerprint density at radius 1 is 1.21 bits per heavy atom. The van der Waals surface area contributed by atoms with Crippen LogP contribution in [0.25, 0.3) is 11.5 Å². The molecule has 2 heterocycles. The fourth-order valence-electron chi connectivity index (χ4n) is 2.15. The number of amides is 1. The first-order chi connectivity index (χ1) is 11.5. The van der Waals surface area contributed by atoms with Crippen LogP contribution in [0.3, 0.4) is 0 Å². The zero-order chi connectivity index (χ0) is 17.1. The molecule has 0 aliphatic rings. The summed E-state index contributed by atoms with van der Waals surface area (Å²) in [6.45, 7) is 4.15. The maximum absolute atomic E-state index is 12.4. The van der Waals surface area contributed by atoms with Crippen LogP contribution in [0.5, 0.6) is 0 Å². The van der Waals surface area contributed by atoms with Crippen LogP contribution in [0.2, 0.25) is 0 Å². The van der Waals surface area contributed by atoms with E-state index in [4.69, 9.17) is 8.94 Å². The summed E-state index contributed by atoms with van der Waals surface area (Å²) in [5.74, 6) is 1.38. The van der Waals surface area contributed by atoms with Crippen molar-refractivity contribution in [3.05, 3.63) is 53.7 Å². The largest absolute Gasteiger partial charge is 0.419 e. The van der Waals surface area contributed by atoms with E-state index in [1.807, 2.05) is 44.2 Å². The highest BCUT2D eigenvalue weighted by Gasteiger charge is 2.20. The minimum atomic E-state index is -0.259. The number of benzene rings is 1. The second kappa shape index (κ2) is 6.66. The Morgan fingerprint density at radius 2 is 1.96 bits per heavy atom. The van der Waals surface area contributed by atoms with E-state index in [0.29, 0.717) is 17.5 Å². The van der Waals surface area contributed by atoms with E-state index in [1.165, 1.54) is 4.90 Å². The van der Waals surface area contributed by atoms with E-state index >= 15 is 0 Å². The molecular formula is C17H18N4O3. The van der Waals surface area contributed by atoms with Crippen molar-refractivity contribution in [2.75, 3.05) is 7.05 Å². The molecule has 0 aliphatic heterocycles. The molecule has 0 atom stereocenters. The van der Waals surface area contributed by atoms with E-state index in [2.05, 4.69) is 15.4 Å². The Hall–Kier alpha value is -2.96. The molecule has 0 bridgehead atoms. The monoisotopic (exact) mass is 326 g/mol. The molecule has 0 aliphatic carbocycles. The Labute approximate surface area is 139 Å². The van der Waals surface area contributed by atoms with Crippen LogP contribution >= 0.6 is 0 Å². The van der Waals surface area contributed by atoms with Crippen LogP contribution in [-0.4, -0.2) is 33.2 Å². The van der Waals surface area contributed by atoms with Gasteiger partial charge in [0, 0.05) is 24.6 Å². The van der Waals surface area contributed by atoms with Crippen LogP contribution in [0.4, 0.5) is 0 Å². The molecule has 0 saturated carbocycles. The summed E-state index contributed by atoms with van der Waals surface area (Å²) in [7, 11) is 1.65. The van der Waals surface area contributed by atoms with Crippen molar-refractivity contribution in [2.45, 2.75) is 26.3 Å². The lowest BCUT2D eigenvalue weighted by molar-refractivity contribution is 0.0762. The maximum atomic E-state index is 12.4. The van der Waals surface area contributed by atoms with Crippen LogP contribution in [0, 0.1) is 0 Å². The lowest BCUT2D eigenvalue weighted by Crippen LogP contribution is -2.26. The van der Waals surface area contributed by atoms with Gasteiger partial charge >= 0.3 is 0 Å². The fourth-order valence-corrected chi connectivity index (χ4v) is 2.15. The van der Waals surface area contributed by atoms with Gasteiger partial charge in [0.2, 0.25) is 11.8 Å². The topological polar surface area (TPSA) is 85.3 Å². The molecule has 124 valence electrons. The highest BCUT2D eigenvalue weighted by molar-refractivity contribution is 5.92. The van der Waals surface area contributed by atoms with Crippen molar-refractivity contribution >= 4 is 5.91 Å². The molecular weight excluding hydrogens is 308 g/mol. The van der Waals surface area contributed by atoms with Crippen molar-refractivity contribution in [3.8, 4) is 11.5 Å². The van der Waals surface area contributed by atoms with E-state index < -0.39 is 0 Å². The number of aromatic nitrogens is 3. The summed E-state index contributed by atoms with van der Waals surface area (Å²) in [5.41, 5.74) is 1.10. The summed E-state index contributed by atoms with van der Waals surface area (Å²) in [6.07, 6.45) is 0. The normalized spacial score (nSPS) is 11.0. The third-order valence-corrected chi connectivity index (χ3v) is 3.52. The number of carbonyl (C=O) groups excluding carboxylic acids is 1. The van der Waals surface area contributed by atoms with E-state index in [1.54, 1.807) is 13.1 Å². The zero-order valence-electron chi connectivity index (χ0n) is 13.8. The predicted octanol–water partition coefficient (Wildman–Crippen LogP) is 3.12. The number of rotatable bonds is 5. The number of hydrogen-bond acceptors (Lipinski definition) is 6. The van der Waals surface area contributed by atoms with Crippen LogP contribution in [0.15, 0.2) is 45.3 Å². The van der Waals surface area contributed by atoms with Gasteiger partial charge in [0.15, 0.2) is 5.69 Å². The average Bonchev–Trinajstić information content (AvgIpc) is 3.24. The Morgan fingerprint density at radius 3 is 2.62 bits per heavy atom. The lowest BCUT2D eigenvalue weighted by atomic mass is 10.1. The predicted molar refractivity (Wildman–Crippen MR) is 86.1 cm³/mol. The molecule has 24 heavy (non-hydrogen) atoms. The van der Waals surface area contributed by atoms with Gasteiger partial charge in [0.25, 0.3) is 5.91 Å². The summed E-state index contributed by atoms with van der Waals surface area (Å²) in [6, 6.07) is 11.1. The highest BCUT2D eigenvalue weighted by atomic mass is 16.5. The van der Waals surface area contributed by atoms with Gasteiger partial charge in [-0.05, 0) is 12.1 Å². The van der Waals surface area contributed by atoms with Gasteiger partial charge in [0.05, 0.1) is 6.54 Å². The molecule has 0 saturated heterocycles. The van der Waals surface area contributed by atoms with Crippen LogP contribution in [-0.2, 0) is 6.54 Å². The second-order valence-electron chi connectivity index (χ2n) is 5.80. The smallest absolute Gasteiger partial charge is 0.276 e. The van der Waals surface area contributed by atoms with E-state index in [9.17, 15) is 4.79 Å². The third kappa shape index (κ3) is 3.34. The van der Waals surface area contributed by atoms with Gasteiger partial charge in [-0.15, -0.1) is 10.2 Å². The number of nitrogens with zero attached hydrogens (tertiary/aromatic N) is 4. The molecule has 1 aromatic carbocycles. The third-order valence-electron chi connectivity index (χ3n) is 3.52. The van der Waals surface area contributed by atoms with Crippen molar-refractivity contribution in [1.82, 2.24) is 20.3 Å². The summed E-state index contributed by atoms with van der Waals surface area (Å²) in [5, 5.41) is 11.8. The molecule has 0 N–H and O–H groups in total. The molecule has 0 fully saturated rings. The van der Waals surface area contributed by atoms with Crippen LogP contribution < -0.4 is 0 Å². The SMILES string of the molecule is CC(C)c1cc(C(=O)N(C)Cc2nnc(-c3ccccc3)o2)no1. The van der Waals surface area contributed by atoms with Gasteiger partial charge in [-0.1, -0.05) is 37.2 Å². The summed E-state index contributed by atoms with van der Waals surface area (Å²) >= 11 is 0. The van der Waals surface area contributed by atoms with Gasteiger partial charge in [-0.3, -0.25) is 4.79 Å². The first-order valence-electron chi connectivity index (χ1n) is 7.64. The summed E-state index contributed by atoms with van der Waals surface area (Å²) in [4.78, 5) is 13.8. The van der Waals surface area contributed by atoms with Gasteiger partial charge < -0.3 is 13.8 Å². The number of carbonyl (C=O) groups is 1. The Bertz CT molecular complexity index is 823. The van der Waals surface area contributed by atoms with Gasteiger partial charge in [-0.25, -0.2) is 0 Å². The Kier molecular flexibility index (Phi) is 4.41. The first kappa shape index (κ1) is 15.9. The standard InChI is InChI=1S/C17H18N4O3/c1-11(2)14-9-13(20-24-14)17(22)21(3)10-15-18-19-16(23-15)12-7-5-4-6-8-12/h4-9,11H,10H2,1-3H3. The average molecular weight is 326 g/mol. The van der Waals surface area contributed by atoms with Crippen molar-refractivity contribution in [1.29, 1.82) is 0 Å². The number of hydrogen-bond donors (Lipinski definition) is 0. The van der Waals surface area contributed by atoms with E-state index in [-0.39, 0.29) is 24.1 Å². The molecule has 0 unspecified atom stereocenters. The Balaban J connectivity index is 1.69. The summed E-state index contributed by atoms with van der Waals surface area (Å²) < 4.78 is 10.8. The molecule has 3 aromatic rings. The molecule has 7 nitrogen and oxygen atoms in total. The van der Waals surface area contributed by atoms with Crippen LogP contribution in [0.1, 0.15) is 41.9 Å². The molecule has 0 radical (unpaired) electrons. The van der Waals surface area contributed by atoms with Crippen molar-refractivity contribution < 1.29 is 13.7 Å². The minimum absolute atomic E-state index is 0.175. The second-order valence-corrected chi connectivity index (χ2v) is 5.80. The quantitative estimate of drug-likeness (QED) is 0.716. The first-order valence-corrected chi connectivity index (χ1v) is 7.64. The lowest BCUT2D eigenvalue weighted by Gasteiger charge is -2.12. The highest BCUT2D eigenvalue weighted by Crippen LogP contribution is 2.19. The van der Waals surface area contributed by atoms with Gasteiger partial charge in [-0.2, -0.15) is 0 Å². The molecule has 1 amide bonds. The molecule has 7 heteroatoms. The maximum Gasteiger partial charge on any atom is 0.276 e. The fraction of sp³-hybridized carbons (Fsp3) is 0.294. The molecule has 2 aromatic heterocycles. The molecule has 3 rings (SSSR count). The molecule has 0 spiro atoms. The van der Waals surface area contributed by atoms with Crippen molar-refractivity contribution in [3.63, 3.8) is 0 Å². The minimum Gasteiger partial charge on any atom is -0.419 e. The zero-order valence-corrected chi connectivity index (χ0v) is 13.8.